The molecule has 0 unspecified atom stereocenters. The lowest BCUT2D eigenvalue weighted by Gasteiger charge is -2.34. The molecular formula is C18H15ClF4N2O3S. The van der Waals surface area contributed by atoms with Crippen LogP contribution in [-0.4, -0.2) is 49.7 Å². The van der Waals surface area contributed by atoms with Crippen LogP contribution in [0.2, 0.25) is 5.02 Å². The molecular weight excluding hydrogens is 436 g/mol. The molecule has 0 aliphatic carbocycles. The molecule has 1 aliphatic rings. The molecule has 3 rings (SSSR count). The van der Waals surface area contributed by atoms with Gasteiger partial charge in [-0.05, 0) is 30.3 Å². The predicted molar refractivity (Wildman–Crippen MR) is 97.5 cm³/mol. The van der Waals surface area contributed by atoms with Crippen molar-refractivity contribution in [2.75, 3.05) is 26.2 Å². The third-order valence-electron chi connectivity index (χ3n) is 4.49. The molecule has 5 nitrogen and oxygen atoms in total. The van der Waals surface area contributed by atoms with Crippen molar-refractivity contribution < 1.29 is 30.8 Å². The van der Waals surface area contributed by atoms with Crippen LogP contribution in [-0.2, 0) is 16.2 Å². The number of benzene rings is 2. The number of piperazine rings is 1. The quantitative estimate of drug-likeness (QED) is 0.671. The van der Waals surface area contributed by atoms with Crippen LogP contribution in [0.4, 0.5) is 17.6 Å². The number of halogens is 5. The van der Waals surface area contributed by atoms with Crippen LogP contribution < -0.4 is 0 Å². The first-order valence-corrected chi connectivity index (χ1v) is 10.2. The van der Waals surface area contributed by atoms with Gasteiger partial charge in [0.25, 0.3) is 5.91 Å². The summed E-state index contributed by atoms with van der Waals surface area (Å²) in [5, 5.41) is 0.166. The molecule has 0 N–H and O–H groups in total. The van der Waals surface area contributed by atoms with Gasteiger partial charge in [-0.15, -0.1) is 0 Å². The Morgan fingerprint density at radius 2 is 1.62 bits per heavy atom. The Balaban J connectivity index is 1.79. The van der Waals surface area contributed by atoms with Crippen LogP contribution in [0, 0.1) is 5.82 Å². The van der Waals surface area contributed by atoms with Gasteiger partial charge in [-0.25, -0.2) is 12.8 Å². The van der Waals surface area contributed by atoms with Gasteiger partial charge >= 0.3 is 6.18 Å². The molecule has 29 heavy (non-hydrogen) atoms. The van der Waals surface area contributed by atoms with Crippen molar-refractivity contribution in [3.8, 4) is 0 Å². The van der Waals surface area contributed by atoms with Gasteiger partial charge < -0.3 is 4.90 Å². The van der Waals surface area contributed by atoms with Gasteiger partial charge in [0.1, 0.15) is 5.82 Å². The monoisotopic (exact) mass is 450 g/mol. The van der Waals surface area contributed by atoms with E-state index in [1.807, 2.05) is 0 Å². The Hall–Kier alpha value is -2.17. The summed E-state index contributed by atoms with van der Waals surface area (Å²) in [7, 11) is -4.42. The van der Waals surface area contributed by atoms with E-state index in [0.717, 1.165) is 22.5 Å². The summed E-state index contributed by atoms with van der Waals surface area (Å²) in [6.07, 6.45) is -4.83. The second kappa shape index (κ2) is 7.92. The molecule has 156 valence electrons. The van der Waals surface area contributed by atoms with Crippen LogP contribution in [0.5, 0.6) is 0 Å². The molecule has 1 amide bonds. The average Bonchev–Trinajstić information content (AvgIpc) is 2.69. The summed E-state index contributed by atoms with van der Waals surface area (Å²) in [5.74, 6) is -1.44. The molecule has 0 aromatic heterocycles. The molecule has 0 radical (unpaired) electrons. The van der Waals surface area contributed by atoms with Gasteiger partial charge in [-0.2, -0.15) is 17.5 Å². The molecule has 2 aromatic rings. The summed E-state index contributed by atoms with van der Waals surface area (Å²) >= 11 is 5.79. The molecule has 1 aliphatic heterocycles. The number of hydrogen-bond donors (Lipinski definition) is 0. The molecule has 0 atom stereocenters. The predicted octanol–water partition coefficient (Wildman–Crippen LogP) is 3.64. The van der Waals surface area contributed by atoms with Crippen molar-refractivity contribution in [1.29, 1.82) is 0 Å². The number of carbonyl (C=O) groups is 1. The Morgan fingerprint density at radius 1 is 1.00 bits per heavy atom. The second-order valence-electron chi connectivity index (χ2n) is 6.31. The fraction of sp³-hybridized carbons (Fsp3) is 0.278. The number of alkyl halides is 3. The maximum atomic E-state index is 13.9. The van der Waals surface area contributed by atoms with Crippen molar-refractivity contribution in [2.24, 2.45) is 0 Å². The molecule has 1 saturated heterocycles. The highest BCUT2D eigenvalue weighted by Gasteiger charge is 2.39. The number of hydrogen-bond acceptors (Lipinski definition) is 3. The highest BCUT2D eigenvalue weighted by atomic mass is 35.5. The molecule has 1 fully saturated rings. The Kier molecular flexibility index (Phi) is 5.88. The Bertz CT molecular complexity index is 1040. The van der Waals surface area contributed by atoms with Crippen molar-refractivity contribution >= 4 is 27.5 Å². The van der Waals surface area contributed by atoms with Gasteiger partial charge in [0.05, 0.1) is 16.0 Å². The summed E-state index contributed by atoms with van der Waals surface area (Å²) in [5.41, 5.74) is -1.50. The van der Waals surface area contributed by atoms with Gasteiger partial charge in [0, 0.05) is 31.2 Å². The molecule has 0 saturated carbocycles. The molecule has 2 aromatic carbocycles. The topological polar surface area (TPSA) is 57.7 Å². The number of amides is 1. The lowest BCUT2D eigenvalue weighted by Crippen LogP contribution is -2.50. The zero-order chi connectivity index (χ0) is 21.4. The van der Waals surface area contributed by atoms with E-state index in [-0.39, 0.29) is 36.8 Å². The summed E-state index contributed by atoms with van der Waals surface area (Å²) < 4.78 is 79.8. The van der Waals surface area contributed by atoms with Crippen LogP contribution >= 0.6 is 11.6 Å². The smallest absolute Gasteiger partial charge is 0.336 e. The highest BCUT2D eigenvalue weighted by molar-refractivity contribution is 7.89. The van der Waals surface area contributed by atoms with Crippen molar-refractivity contribution in [3.63, 3.8) is 0 Å². The fourth-order valence-electron chi connectivity index (χ4n) is 3.03. The zero-order valence-corrected chi connectivity index (χ0v) is 16.4. The van der Waals surface area contributed by atoms with Gasteiger partial charge in [0.15, 0.2) is 0 Å². The normalized spacial score (nSPS) is 16.1. The van der Waals surface area contributed by atoms with Crippen LogP contribution in [0.15, 0.2) is 47.4 Å². The number of sulfonamides is 1. The van der Waals surface area contributed by atoms with E-state index >= 15 is 0 Å². The van der Waals surface area contributed by atoms with Crippen molar-refractivity contribution in [3.05, 3.63) is 64.4 Å². The van der Waals surface area contributed by atoms with Crippen LogP contribution in [0.3, 0.4) is 0 Å². The number of rotatable bonds is 3. The SMILES string of the molecule is O=C(c1cc(Cl)ccc1F)N1CCN(S(=O)(=O)c2ccccc2C(F)(F)F)CC1. The Labute approximate surface area is 169 Å². The maximum absolute atomic E-state index is 13.9. The highest BCUT2D eigenvalue weighted by Crippen LogP contribution is 2.35. The minimum atomic E-state index is -4.83. The van der Waals surface area contributed by atoms with E-state index in [0.29, 0.717) is 6.07 Å². The number of carbonyl (C=O) groups excluding carboxylic acids is 1. The average molecular weight is 451 g/mol. The van der Waals surface area contributed by atoms with E-state index in [1.54, 1.807) is 0 Å². The lowest BCUT2D eigenvalue weighted by molar-refractivity contribution is -0.139. The molecule has 1 heterocycles. The summed E-state index contributed by atoms with van der Waals surface area (Å²) in [6, 6.07) is 7.43. The number of nitrogens with zero attached hydrogens (tertiary/aromatic N) is 2. The fourth-order valence-corrected chi connectivity index (χ4v) is 4.83. The van der Waals surface area contributed by atoms with E-state index in [1.165, 1.54) is 23.1 Å². The standard InChI is InChI=1S/C18H15ClF4N2O3S/c19-12-5-6-15(20)13(11-12)17(26)24-7-9-25(10-8-24)29(27,28)16-4-2-1-3-14(16)18(21,22)23/h1-6,11H,7-10H2. The van der Waals surface area contributed by atoms with E-state index < -0.39 is 38.4 Å². The Morgan fingerprint density at radius 3 is 2.24 bits per heavy atom. The third-order valence-corrected chi connectivity index (χ3v) is 6.69. The largest absolute Gasteiger partial charge is 0.417 e. The van der Waals surface area contributed by atoms with E-state index in [4.69, 9.17) is 11.6 Å². The first-order valence-electron chi connectivity index (χ1n) is 8.42. The second-order valence-corrected chi connectivity index (χ2v) is 8.66. The minimum Gasteiger partial charge on any atom is -0.336 e. The van der Waals surface area contributed by atoms with Gasteiger partial charge in [-0.3, -0.25) is 4.79 Å². The summed E-state index contributed by atoms with van der Waals surface area (Å²) in [4.78, 5) is 12.9. The van der Waals surface area contributed by atoms with E-state index in [2.05, 4.69) is 0 Å². The van der Waals surface area contributed by atoms with Crippen LogP contribution in [0.25, 0.3) is 0 Å². The van der Waals surface area contributed by atoms with Crippen LogP contribution in [0.1, 0.15) is 15.9 Å². The first kappa shape index (κ1) is 21.5. The van der Waals surface area contributed by atoms with E-state index in [9.17, 15) is 30.8 Å². The maximum Gasteiger partial charge on any atom is 0.417 e. The molecule has 0 bridgehead atoms. The van der Waals surface area contributed by atoms with Gasteiger partial charge in [-0.1, -0.05) is 23.7 Å². The summed E-state index contributed by atoms with van der Waals surface area (Å²) in [6.45, 7) is -0.638. The van der Waals surface area contributed by atoms with Crippen molar-refractivity contribution in [2.45, 2.75) is 11.1 Å². The lowest BCUT2D eigenvalue weighted by atomic mass is 10.1. The minimum absolute atomic E-state index is 0.0990. The van der Waals surface area contributed by atoms with Crippen molar-refractivity contribution in [1.82, 2.24) is 9.21 Å². The zero-order valence-electron chi connectivity index (χ0n) is 14.8. The third kappa shape index (κ3) is 4.39. The first-order chi connectivity index (χ1) is 13.5. The van der Waals surface area contributed by atoms with Gasteiger partial charge in [0.2, 0.25) is 10.0 Å². The molecule has 0 spiro atoms. The molecule has 11 heteroatoms.